The summed E-state index contributed by atoms with van der Waals surface area (Å²) in [6, 6.07) is 31.7. The predicted molar refractivity (Wildman–Crippen MR) is 115 cm³/mol. The first-order valence-electron chi connectivity index (χ1n) is 8.57. The van der Waals surface area contributed by atoms with Crippen molar-refractivity contribution in [2.45, 2.75) is 19.0 Å². The van der Waals surface area contributed by atoms with Crippen molar-refractivity contribution in [3.8, 4) is 0 Å². The summed E-state index contributed by atoms with van der Waals surface area (Å²) in [6.45, 7) is 2.11. The Kier molecular flexibility index (Phi) is 5.83. The molecule has 3 rings (SSSR count). The van der Waals surface area contributed by atoms with E-state index >= 15 is 0 Å². The zero-order valence-electron chi connectivity index (χ0n) is 14.2. The summed E-state index contributed by atoms with van der Waals surface area (Å²) < 4.78 is 0.0956. The molecule has 0 saturated carbocycles. The number of rotatable bonds is 6. The summed E-state index contributed by atoms with van der Waals surface area (Å²) in [5.74, 6) is 0. The van der Waals surface area contributed by atoms with Crippen molar-refractivity contribution in [2.24, 2.45) is 0 Å². The normalized spacial score (nSPS) is 13.2. The second kappa shape index (κ2) is 8.08. The Morgan fingerprint density at radius 2 is 1.08 bits per heavy atom. The molecule has 1 atom stereocenters. The van der Waals surface area contributed by atoms with Gasteiger partial charge in [0.25, 0.3) is 0 Å². The van der Waals surface area contributed by atoms with Crippen LogP contribution >= 0.6 is 23.2 Å². The van der Waals surface area contributed by atoms with E-state index in [1.165, 1.54) is 15.9 Å². The van der Waals surface area contributed by atoms with Gasteiger partial charge in [0.2, 0.25) is 0 Å². The fraction of sp³-hybridized carbons (Fsp3) is 0.136. The third-order valence-electron chi connectivity index (χ3n) is 4.89. The summed E-state index contributed by atoms with van der Waals surface area (Å²) in [4.78, 5) is 12.7. The van der Waals surface area contributed by atoms with Crippen LogP contribution in [0.15, 0.2) is 91.0 Å². The van der Waals surface area contributed by atoms with Crippen LogP contribution in [0.3, 0.4) is 0 Å². The van der Waals surface area contributed by atoms with Gasteiger partial charge in [-0.25, -0.2) is 0 Å². The molecular weight excluding hydrogens is 391 g/mol. The number of hydrogen-bond acceptors (Lipinski definition) is 1. The molecular formula is C22H22BrOP. The van der Waals surface area contributed by atoms with Gasteiger partial charge in [0.1, 0.15) is 0 Å². The Balaban J connectivity index is 2.42. The van der Waals surface area contributed by atoms with Crippen molar-refractivity contribution < 1.29 is 4.79 Å². The zero-order valence-corrected chi connectivity index (χ0v) is 16.8. The van der Waals surface area contributed by atoms with E-state index in [2.05, 4.69) is 95.7 Å². The minimum absolute atomic E-state index is 0.0697. The molecule has 0 N–H and O–H groups in total. The molecule has 128 valence electrons. The van der Waals surface area contributed by atoms with Crippen molar-refractivity contribution in [2.75, 3.05) is 0 Å². The molecule has 3 aromatic rings. The number of carbonyl (C=O) groups is 1. The Bertz CT molecular complexity index is 722. The molecule has 25 heavy (non-hydrogen) atoms. The summed E-state index contributed by atoms with van der Waals surface area (Å²) >= 11 is 3.32. The van der Waals surface area contributed by atoms with Gasteiger partial charge in [-0.2, -0.15) is 0 Å². The van der Waals surface area contributed by atoms with Gasteiger partial charge in [-0.3, -0.25) is 0 Å². The Morgan fingerprint density at radius 3 is 1.32 bits per heavy atom. The van der Waals surface area contributed by atoms with E-state index in [9.17, 15) is 4.79 Å². The van der Waals surface area contributed by atoms with Crippen LogP contribution in [0.25, 0.3) is 0 Å². The van der Waals surface area contributed by atoms with Gasteiger partial charge in [0, 0.05) is 0 Å². The second-order valence-electron chi connectivity index (χ2n) is 6.17. The van der Waals surface area contributed by atoms with E-state index < -0.39 is 7.26 Å². The first-order chi connectivity index (χ1) is 12.2. The van der Waals surface area contributed by atoms with Crippen LogP contribution in [-0.2, 0) is 4.79 Å². The molecule has 1 unspecified atom stereocenters. The topological polar surface area (TPSA) is 17.1 Å². The molecule has 0 saturated heterocycles. The minimum atomic E-state index is -2.51. The van der Waals surface area contributed by atoms with Gasteiger partial charge in [0.05, 0.1) is 0 Å². The van der Waals surface area contributed by atoms with Crippen molar-refractivity contribution in [3.05, 3.63) is 91.0 Å². The fourth-order valence-corrected chi connectivity index (χ4v) is 10.5. The molecule has 0 radical (unpaired) electrons. The maximum atomic E-state index is 12.7. The third kappa shape index (κ3) is 3.34. The molecule has 0 aliphatic heterocycles. The van der Waals surface area contributed by atoms with Crippen molar-refractivity contribution >= 4 is 43.8 Å². The van der Waals surface area contributed by atoms with Crippen LogP contribution < -0.4 is 15.9 Å². The van der Waals surface area contributed by atoms with Crippen LogP contribution in [-0.4, -0.2) is 10.4 Å². The molecule has 3 heteroatoms. The van der Waals surface area contributed by atoms with E-state index in [-0.39, 0.29) is 10.4 Å². The molecule has 0 amide bonds. The summed E-state index contributed by atoms with van der Waals surface area (Å²) in [5, 5.41) is 3.81. The number of benzene rings is 3. The number of hydrogen-bond donors (Lipinski definition) is 0. The Hall–Kier alpha value is -1.76. The molecule has 0 heterocycles. The maximum absolute atomic E-state index is 12.7. The number of carbonyl (C=O) groups excluding carboxylic acids is 1. The van der Waals surface area contributed by atoms with Crippen LogP contribution in [0.5, 0.6) is 0 Å². The Labute approximate surface area is 158 Å². The summed E-state index contributed by atoms with van der Waals surface area (Å²) in [5.41, 5.74) is -0.0697. The molecule has 0 aliphatic carbocycles. The van der Waals surface area contributed by atoms with E-state index in [1.54, 1.807) is 0 Å². The first-order valence-corrected chi connectivity index (χ1v) is 11.4. The van der Waals surface area contributed by atoms with Gasteiger partial charge in [-0.05, 0) is 0 Å². The molecule has 1 nitrogen and oxygen atoms in total. The molecule has 0 fully saturated rings. The van der Waals surface area contributed by atoms with Crippen LogP contribution in [0.2, 0.25) is 0 Å². The SMILES string of the molecule is CCC(C(=O)Br)[PH](c1ccccc1)(c1ccccc1)c1ccccc1. The van der Waals surface area contributed by atoms with Crippen molar-refractivity contribution in [1.29, 1.82) is 0 Å². The zero-order chi connectivity index (χ0) is 17.7. The third-order valence-corrected chi connectivity index (χ3v) is 11.3. The molecule has 0 aromatic heterocycles. The van der Waals surface area contributed by atoms with Gasteiger partial charge in [-0.1, -0.05) is 0 Å². The molecule has 3 aromatic carbocycles. The number of halogens is 1. The molecule has 0 bridgehead atoms. The quantitative estimate of drug-likeness (QED) is 0.432. The average molecular weight is 413 g/mol. The van der Waals surface area contributed by atoms with Gasteiger partial charge in [0.15, 0.2) is 0 Å². The Morgan fingerprint density at radius 1 is 0.760 bits per heavy atom. The van der Waals surface area contributed by atoms with E-state index in [0.29, 0.717) is 0 Å². The van der Waals surface area contributed by atoms with Crippen LogP contribution in [0.1, 0.15) is 13.3 Å². The van der Waals surface area contributed by atoms with Crippen molar-refractivity contribution in [3.63, 3.8) is 0 Å². The molecule has 0 aliphatic rings. The van der Waals surface area contributed by atoms with Gasteiger partial charge >= 0.3 is 159 Å². The monoisotopic (exact) mass is 412 g/mol. The van der Waals surface area contributed by atoms with Gasteiger partial charge in [-0.15, -0.1) is 0 Å². The fourth-order valence-electron chi connectivity index (χ4n) is 3.84. The van der Waals surface area contributed by atoms with Crippen LogP contribution in [0.4, 0.5) is 0 Å². The standard InChI is InChI=1S/C22H22BrOP/c1-2-21(22(23)24)25(18-12-6-3-7-13-18,19-14-8-4-9-15-19)20-16-10-5-11-17-20/h3-17,21,25H,2H2,1H3. The van der Waals surface area contributed by atoms with E-state index in [4.69, 9.17) is 0 Å². The molecule has 0 spiro atoms. The predicted octanol–water partition coefficient (Wildman–Crippen LogP) is 4.41. The average Bonchev–Trinajstić information content (AvgIpc) is 2.68. The summed E-state index contributed by atoms with van der Waals surface area (Å²) in [7, 11) is -2.51. The first kappa shape index (κ1) is 18.0. The van der Waals surface area contributed by atoms with E-state index in [0.717, 1.165) is 6.42 Å². The van der Waals surface area contributed by atoms with Gasteiger partial charge < -0.3 is 0 Å². The van der Waals surface area contributed by atoms with Crippen LogP contribution in [0, 0.1) is 0 Å². The second-order valence-corrected chi connectivity index (χ2v) is 11.0. The van der Waals surface area contributed by atoms with E-state index in [1.807, 2.05) is 18.2 Å². The summed E-state index contributed by atoms with van der Waals surface area (Å²) in [6.07, 6.45) is 0.801. The van der Waals surface area contributed by atoms with Crippen molar-refractivity contribution in [1.82, 2.24) is 0 Å².